The first kappa shape index (κ1) is 18.7. The smallest absolute Gasteiger partial charge is 0.249 e. The monoisotopic (exact) mass is 363 g/mol. The van der Waals surface area contributed by atoms with Crippen molar-refractivity contribution in [2.75, 3.05) is 14.2 Å². The van der Waals surface area contributed by atoms with Crippen LogP contribution in [-0.2, 0) is 9.63 Å². The third kappa shape index (κ3) is 2.83. The van der Waals surface area contributed by atoms with Crippen molar-refractivity contribution in [3.05, 3.63) is 0 Å². The van der Waals surface area contributed by atoms with Crippen LogP contribution in [0, 0.1) is 40.9 Å². The Labute approximate surface area is 158 Å². The highest BCUT2D eigenvalue weighted by Crippen LogP contribution is 2.64. The van der Waals surface area contributed by atoms with Crippen molar-refractivity contribution >= 4 is 5.91 Å². The standard InChI is InChI=1S/C22H37NO3/c1-21(25)11-9-15-14(13-21)5-6-17-16(15)10-12-22(2)18(17)7-8-19(22)20(24)23(3)26-4/h14-19,25H,5-13H2,1-4H3/t14-,15-,16+,17+,18-,19+,21+,22-/m0/s1. The van der Waals surface area contributed by atoms with Gasteiger partial charge >= 0.3 is 0 Å². The second-order valence-corrected chi connectivity index (χ2v) is 10.4. The number of carbonyl (C=O) groups excluding carboxylic acids is 1. The number of rotatable bonds is 2. The van der Waals surface area contributed by atoms with Gasteiger partial charge in [-0.2, -0.15) is 0 Å². The molecule has 0 aromatic rings. The molecule has 4 saturated carbocycles. The van der Waals surface area contributed by atoms with Gasteiger partial charge in [-0.25, -0.2) is 5.06 Å². The minimum atomic E-state index is -0.438. The van der Waals surface area contributed by atoms with Crippen LogP contribution in [0.5, 0.6) is 0 Å². The summed E-state index contributed by atoms with van der Waals surface area (Å²) in [5.74, 6) is 4.17. The fraction of sp³-hybridized carbons (Fsp3) is 0.955. The van der Waals surface area contributed by atoms with Gasteiger partial charge in [0.25, 0.3) is 0 Å². The van der Waals surface area contributed by atoms with Crippen LogP contribution < -0.4 is 0 Å². The summed E-state index contributed by atoms with van der Waals surface area (Å²) < 4.78 is 0. The molecule has 0 unspecified atom stereocenters. The Morgan fingerprint density at radius 3 is 2.46 bits per heavy atom. The molecular weight excluding hydrogens is 326 g/mol. The lowest BCUT2D eigenvalue weighted by atomic mass is 9.49. The van der Waals surface area contributed by atoms with Gasteiger partial charge in [0.1, 0.15) is 0 Å². The third-order valence-electron chi connectivity index (χ3n) is 9.12. The van der Waals surface area contributed by atoms with E-state index in [1.807, 2.05) is 6.92 Å². The number of amides is 1. The molecule has 0 radical (unpaired) electrons. The Bertz CT molecular complexity index is 562. The largest absolute Gasteiger partial charge is 0.390 e. The first-order chi connectivity index (χ1) is 12.3. The van der Waals surface area contributed by atoms with Gasteiger partial charge in [0.05, 0.1) is 12.7 Å². The highest BCUT2D eigenvalue weighted by atomic mass is 16.7. The Kier molecular flexibility index (Phi) is 4.67. The van der Waals surface area contributed by atoms with E-state index in [4.69, 9.17) is 4.84 Å². The summed E-state index contributed by atoms with van der Waals surface area (Å²) in [7, 11) is 3.34. The van der Waals surface area contributed by atoms with Crippen molar-refractivity contribution in [2.45, 2.75) is 77.2 Å². The van der Waals surface area contributed by atoms with E-state index in [1.165, 1.54) is 43.6 Å². The van der Waals surface area contributed by atoms with Crippen LogP contribution >= 0.6 is 0 Å². The average molecular weight is 364 g/mol. The van der Waals surface area contributed by atoms with Crippen LogP contribution in [0.3, 0.4) is 0 Å². The summed E-state index contributed by atoms with van der Waals surface area (Å²) in [5.41, 5.74) is -0.287. The van der Waals surface area contributed by atoms with Gasteiger partial charge in [0.2, 0.25) is 5.91 Å². The molecule has 8 atom stereocenters. The van der Waals surface area contributed by atoms with Crippen LogP contribution in [0.4, 0.5) is 0 Å². The molecule has 148 valence electrons. The lowest BCUT2D eigenvalue weighted by Crippen LogP contribution is -2.51. The first-order valence-electron chi connectivity index (χ1n) is 10.8. The maximum atomic E-state index is 12.9. The van der Waals surface area contributed by atoms with Crippen LogP contribution in [0.2, 0.25) is 0 Å². The van der Waals surface area contributed by atoms with Gasteiger partial charge in [-0.15, -0.1) is 0 Å². The summed E-state index contributed by atoms with van der Waals surface area (Å²) >= 11 is 0. The molecule has 0 heterocycles. The summed E-state index contributed by atoms with van der Waals surface area (Å²) in [6.45, 7) is 4.43. The Morgan fingerprint density at radius 2 is 1.73 bits per heavy atom. The van der Waals surface area contributed by atoms with Gasteiger partial charge in [-0.1, -0.05) is 6.92 Å². The quantitative estimate of drug-likeness (QED) is 0.754. The SMILES string of the molecule is CON(C)C(=O)[C@H]1CC[C@H]2[C@@H]3CC[C@H]4C[C@](C)(O)CC[C@@H]4[C@H]3CC[C@]12C. The van der Waals surface area contributed by atoms with Crippen molar-refractivity contribution in [1.82, 2.24) is 5.06 Å². The van der Waals surface area contributed by atoms with E-state index in [1.54, 1.807) is 14.2 Å². The zero-order chi connectivity index (χ0) is 18.7. The molecule has 1 amide bonds. The molecule has 0 saturated heterocycles. The number of hydrogen-bond acceptors (Lipinski definition) is 3. The molecule has 4 nitrogen and oxygen atoms in total. The van der Waals surface area contributed by atoms with E-state index >= 15 is 0 Å². The molecule has 4 heteroatoms. The topological polar surface area (TPSA) is 49.8 Å². The van der Waals surface area contributed by atoms with Crippen molar-refractivity contribution in [2.24, 2.45) is 40.9 Å². The number of fused-ring (bicyclic) bond motifs is 5. The summed E-state index contributed by atoms with van der Waals surface area (Å²) in [5, 5.41) is 12.0. The van der Waals surface area contributed by atoms with Gasteiger partial charge < -0.3 is 5.11 Å². The first-order valence-corrected chi connectivity index (χ1v) is 10.8. The minimum absolute atomic E-state index is 0.128. The highest BCUT2D eigenvalue weighted by molar-refractivity contribution is 5.79. The fourth-order valence-corrected chi connectivity index (χ4v) is 7.80. The molecule has 0 spiro atoms. The van der Waals surface area contributed by atoms with Gasteiger partial charge in [-0.05, 0) is 99.7 Å². The average Bonchev–Trinajstić information content (AvgIpc) is 2.96. The lowest BCUT2D eigenvalue weighted by molar-refractivity contribution is -0.180. The maximum Gasteiger partial charge on any atom is 0.249 e. The van der Waals surface area contributed by atoms with E-state index in [-0.39, 0.29) is 17.2 Å². The van der Waals surface area contributed by atoms with Gasteiger partial charge in [0.15, 0.2) is 0 Å². The predicted octanol–water partition coefficient (Wildman–Crippen LogP) is 4.03. The second kappa shape index (κ2) is 6.48. The van der Waals surface area contributed by atoms with E-state index in [0.717, 1.165) is 42.9 Å². The molecule has 0 aromatic carbocycles. The molecule has 26 heavy (non-hydrogen) atoms. The molecule has 0 aliphatic heterocycles. The molecule has 1 N–H and O–H groups in total. The van der Waals surface area contributed by atoms with E-state index in [9.17, 15) is 9.90 Å². The normalized spacial score (nSPS) is 50.5. The molecule has 4 fully saturated rings. The Balaban J connectivity index is 1.52. The predicted molar refractivity (Wildman–Crippen MR) is 101 cm³/mol. The van der Waals surface area contributed by atoms with Crippen LogP contribution in [-0.4, -0.2) is 35.8 Å². The van der Waals surface area contributed by atoms with E-state index in [2.05, 4.69) is 6.92 Å². The lowest BCUT2D eigenvalue weighted by Gasteiger charge is -2.56. The minimum Gasteiger partial charge on any atom is -0.390 e. The summed E-state index contributed by atoms with van der Waals surface area (Å²) in [4.78, 5) is 18.1. The molecule has 4 aliphatic rings. The van der Waals surface area contributed by atoms with Crippen molar-refractivity contribution in [1.29, 1.82) is 0 Å². The number of nitrogens with zero attached hydrogens (tertiary/aromatic N) is 1. The Morgan fingerprint density at radius 1 is 1.00 bits per heavy atom. The fourth-order valence-electron chi connectivity index (χ4n) is 7.80. The van der Waals surface area contributed by atoms with Gasteiger partial charge in [0, 0.05) is 13.0 Å². The number of aliphatic hydroxyl groups is 1. The van der Waals surface area contributed by atoms with Crippen molar-refractivity contribution in [3.8, 4) is 0 Å². The molecule has 4 rings (SSSR count). The number of hydrogen-bond donors (Lipinski definition) is 1. The zero-order valence-electron chi connectivity index (χ0n) is 17.0. The second-order valence-electron chi connectivity index (χ2n) is 10.4. The van der Waals surface area contributed by atoms with Gasteiger partial charge in [-0.3, -0.25) is 9.63 Å². The molecule has 0 bridgehead atoms. The van der Waals surface area contributed by atoms with Crippen LogP contribution in [0.1, 0.15) is 71.6 Å². The Hall–Kier alpha value is -0.610. The summed E-state index contributed by atoms with van der Waals surface area (Å²) in [6.07, 6.45) is 10.5. The molecule has 0 aromatic heterocycles. The third-order valence-corrected chi connectivity index (χ3v) is 9.12. The van der Waals surface area contributed by atoms with E-state index < -0.39 is 5.60 Å². The van der Waals surface area contributed by atoms with Crippen molar-refractivity contribution in [3.63, 3.8) is 0 Å². The number of hydroxylamine groups is 2. The zero-order valence-corrected chi connectivity index (χ0v) is 17.0. The molecular formula is C22H37NO3. The van der Waals surface area contributed by atoms with Crippen LogP contribution in [0.25, 0.3) is 0 Å². The number of carbonyl (C=O) groups is 1. The summed E-state index contributed by atoms with van der Waals surface area (Å²) in [6, 6.07) is 0. The van der Waals surface area contributed by atoms with Crippen LogP contribution in [0.15, 0.2) is 0 Å². The molecule has 4 aliphatic carbocycles. The highest BCUT2D eigenvalue weighted by Gasteiger charge is 2.59. The van der Waals surface area contributed by atoms with E-state index in [0.29, 0.717) is 5.92 Å². The maximum absolute atomic E-state index is 12.9. The van der Waals surface area contributed by atoms with Crippen molar-refractivity contribution < 1.29 is 14.7 Å².